The van der Waals surface area contributed by atoms with E-state index in [1.807, 2.05) is 0 Å². The molecule has 9 nitrogen and oxygen atoms in total. The minimum Gasteiger partial charge on any atom is -0.258 e. The van der Waals surface area contributed by atoms with Crippen LogP contribution in [0.15, 0.2) is 23.1 Å². The van der Waals surface area contributed by atoms with Crippen LogP contribution < -0.4 is 0 Å². The summed E-state index contributed by atoms with van der Waals surface area (Å²) >= 11 is 2.90. The molecule has 1 fully saturated rings. The number of piperazine rings is 1. The van der Waals surface area contributed by atoms with Crippen LogP contribution in [0.4, 0.5) is 5.69 Å². The van der Waals surface area contributed by atoms with Crippen molar-refractivity contribution in [2.75, 3.05) is 30.8 Å². The summed E-state index contributed by atoms with van der Waals surface area (Å²) in [6.45, 7) is 1.64. The van der Waals surface area contributed by atoms with Crippen molar-refractivity contribution in [2.24, 2.45) is 0 Å². The fraction of sp³-hybridized carbons (Fsp3) is 0.500. The van der Waals surface area contributed by atoms with Crippen LogP contribution in [-0.2, 0) is 20.0 Å². The van der Waals surface area contributed by atoms with Crippen LogP contribution in [0.5, 0.6) is 0 Å². The van der Waals surface area contributed by atoms with Crippen LogP contribution in [0.25, 0.3) is 0 Å². The van der Waals surface area contributed by atoms with Gasteiger partial charge in [0.25, 0.3) is 5.69 Å². The first-order valence-electron chi connectivity index (χ1n) is 6.88. The number of hydrogen-bond acceptors (Lipinski definition) is 6. The summed E-state index contributed by atoms with van der Waals surface area (Å²) in [6.07, 6.45) is 0. The van der Waals surface area contributed by atoms with Crippen molar-refractivity contribution in [3.05, 3.63) is 33.9 Å². The Morgan fingerprint density at radius 1 is 1.12 bits per heavy atom. The van der Waals surface area contributed by atoms with Crippen molar-refractivity contribution < 1.29 is 21.8 Å². The summed E-state index contributed by atoms with van der Waals surface area (Å²) in [5, 5.41) is 10.9. The molecule has 0 amide bonds. The average molecular weight is 442 g/mol. The van der Waals surface area contributed by atoms with E-state index in [0.29, 0.717) is 5.56 Å². The Morgan fingerprint density at radius 3 is 2.17 bits per heavy atom. The van der Waals surface area contributed by atoms with Gasteiger partial charge in [0, 0.05) is 38.3 Å². The molecular formula is C12H16BrN3O6S2. The number of hydrogen-bond donors (Lipinski definition) is 0. The largest absolute Gasteiger partial charge is 0.270 e. The Bertz CT molecular complexity index is 848. The van der Waals surface area contributed by atoms with Gasteiger partial charge in [0.15, 0.2) is 0 Å². The topological polar surface area (TPSA) is 118 Å². The third-order valence-electron chi connectivity index (χ3n) is 3.73. The molecule has 1 aromatic rings. The summed E-state index contributed by atoms with van der Waals surface area (Å²) in [7, 11) is -7.37. The summed E-state index contributed by atoms with van der Waals surface area (Å²) in [5.74, 6) is 0. The predicted octanol–water partition coefficient (Wildman–Crippen LogP) is 0.892. The molecule has 0 unspecified atom stereocenters. The zero-order valence-corrected chi connectivity index (χ0v) is 16.0. The summed E-state index contributed by atoms with van der Waals surface area (Å²) in [5.41, 5.74) is 0.0933. The Morgan fingerprint density at radius 2 is 1.67 bits per heavy atom. The first-order chi connectivity index (χ1) is 11.1. The number of halogens is 1. The standard InChI is InChI=1S/C12H16BrN3O6S2/c1-10-2-3-11(16(17)18)8-12(10)24(21,22)15-6-4-14(5-7-15)23(19,20)9-13/h2-3,8H,4-7,9H2,1H3. The molecule has 1 aliphatic rings. The zero-order valence-electron chi connectivity index (χ0n) is 12.8. The molecule has 0 N–H and O–H groups in total. The first-order valence-corrected chi connectivity index (χ1v) is 11.1. The maximum atomic E-state index is 12.7. The molecule has 2 rings (SSSR count). The smallest absolute Gasteiger partial charge is 0.258 e. The number of non-ortho nitro benzene ring substituents is 1. The Balaban J connectivity index is 2.27. The normalized spacial score (nSPS) is 17.8. The number of nitro groups is 1. The van der Waals surface area contributed by atoms with Crippen LogP contribution in [-0.4, -0.2) is 61.2 Å². The quantitative estimate of drug-likeness (QED) is 0.380. The SMILES string of the molecule is Cc1ccc([N+](=O)[O-])cc1S(=O)(=O)N1CCN(S(=O)(=O)CBr)CC1. The number of benzene rings is 1. The molecule has 0 radical (unpaired) electrons. The van der Waals surface area contributed by atoms with Gasteiger partial charge in [-0.3, -0.25) is 10.1 Å². The van der Waals surface area contributed by atoms with Crippen molar-refractivity contribution in [3.63, 3.8) is 0 Å². The van der Waals surface area contributed by atoms with Crippen molar-refractivity contribution in [1.82, 2.24) is 8.61 Å². The maximum Gasteiger partial charge on any atom is 0.270 e. The van der Waals surface area contributed by atoms with E-state index in [2.05, 4.69) is 15.9 Å². The van der Waals surface area contributed by atoms with Gasteiger partial charge in [-0.2, -0.15) is 8.61 Å². The Kier molecular flexibility index (Phi) is 5.64. The van der Waals surface area contributed by atoms with E-state index in [1.54, 1.807) is 6.92 Å². The van der Waals surface area contributed by atoms with Gasteiger partial charge in [-0.15, -0.1) is 0 Å². The summed E-state index contributed by atoms with van der Waals surface area (Å²) in [6, 6.07) is 3.66. The second-order valence-corrected chi connectivity index (χ2v) is 10.4. The molecule has 0 bridgehead atoms. The molecule has 0 aliphatic carbocycles. The minimum absolute atomic E-state index is 0.00328. The van der Waals surface area contributed by atoms with E-state index in [-0.39, 0.29) is 41.4 Å². The van der Waals surface area contributed by atoms with E-state index >= 15 is 0 Å². The lowest BCUT2D eigenvalue weighted by molar-refractivity contribution is -0.385. The molecule has 0 spiro atoms. The lowest BCUT2D eigenvalue weighted by Crippen LogP contribution is -2.50. The van der Waals surface area contributed by atoms with Crippen LogP contribution in [0.3, 0.4) is 0 Å². The Labute approximate surface area is 148 Å². The third kappa shape index (κ3) is 3.77. The molecule has 0 atom stereocenters. The molecule has 0 saturated carbocycles. The van der Waals surface area contributed by atoms with Crippen LogP contribution in [0.1, 0.15) is 5.56 Å². The summed E-state index contributed by atoms with van der Waals surface area (Å²) in [4.78, 5) is 10.1. The van der Waals surface area contributed by atoms with Gasteiger partial charge in [0.2, 0.25) is 20.0 Å². The zero-order chi connectivity index (χ0) is 18.1. The molecular weight excluding hydrogens is 426 g/mol. The molecule has 134 valence electrons. The fourth-order valence-electron chi connectivity index (χ4n) is 2.38. The van der Waals surface area contributed by atoms with Gasteiger partial charge >= 0.3 is 0 Å². The number of sulfonamides is 2. The van der Waals surface area contributed by atoms with Crippen LogP contribution >= 0.6 is 15.9 Å². The average Bonchev–Trinajstić information content (AvgIpc) is 2.55. The minimum atomic E-state index is -3.93. The number of aryl methyl sites for hydroxylation is 1. The van der Waals surface area contributed by atoms with Crippen LogP contribution in [0.2, 0.25) is 0 Å². The maximum absolute atomic E-state index is 12.7. The van der Waals surface area contributed by atoms with Crippen molar-refractivity contribution in [1.29, 1.82) is 0 Å². The Hall–Kier alpha value is -1.08. The van der Waals surface area contributed by atoms with E-state index in [1.165, 1.54) is 16.4 Å². The highest BCUT2D eigenvalue weighted by Gasteiger charge is 2.33. The van der Waals surface area contributed by atoms with Crippen molar-refractivity contribution in [3.8, 4) is 0 Å². The van der Waals surface area contributed by atoms with Gasteiger partial charge < -0.3 is 0 Å². The van der Waals surface area contributed by atoms with E-state index < -0.39 is 25.0 Å². The third-order valence-corrected chi connectivity index (χ3v) is 8.93. The fourth-order valence-corrected chi connectivity index (χ4v) is 5.77. The van der Waals surface area contributed by atoms with E-state index in [9.17, 15) is 26.9 Å². The lowest BCUT2D eigenvalue weighted by atomic mass is 10.2. The summed E-state index contributed by atoms with van der Waals surface area (Å²) < 4.78 is 51.2. The van der Waals surface area contributed by atoms with E-state index in [0.717, 1.165) is 10.4 Å². The number of nitro benzene ring substituents is 1. The molecule has 1 aliphatic heterocycles. The first kappa shape index (κ1) is 19.2. The molecule has 0 aromatic heterocycles. The molecule has 12 heteroatoms. The number of rotatable bonds is 5. The molecule has 24 heavy (non-hydrogen) atoms. The lowest BCUT2D eigenvalue weighted by Gasteiger charge is -2.33. The van der Waals surface area contributed by atoms with Gasteiger partial charge in [-0.1, -0.05) is 22.0 Å². The second-order valence-electron chi connectivity index (χ2n) is 5.23. The highest BCUT2D eigenvalue weighted by atomic mass is 79.9. The number of nitrogens with zero attached hydrogens (tertiary/aromatic N) is 3. The predicted molar refractivity (Wildman–Crippen MR) is 90.9 cm³/mol. The second kappa shape index (κ2) is 7.04. The van der Waals surface area contributed by atoms with Crippen molar-refractivity contribution >= 4 is 41.7 Å². The molecule has 1 heterocycles. The van der Waals surface area contributed by atoms with Gasteiger partial charge in [0.1, 0.15) is 4.66 Å². The molecule has 1 aromatic carbocycles. The van der Waals surface area contributed by atoms with E-state index in [4.69, 9.17) is 0 Å². The van der Waals surface area contributed by atoms with Crippen LogP contribution in [0, 0.1) is 17.0 Å². The van der Waals surface area contributed by atoms with Gasteiger partial charge in [0.05, 0.1) is 9.82 Å². The highest BCUT2D eigenvalue weighted by Crippen LogP contribution is 2.26. The number of alkyl halides is 1. The molecule has 1 saturated heterocycles. The van der Waals surface area contributed by atoms with Gasteiger partial charge in [-0.05, 0) is 12.5 Å². The van der Waals surface area contributed by atoms with Gasteiger partial charge in [-0.25, -0.2) is 16.8 Å². The highest BCUT2D eigenvalue weighted by molar-refractivity contribution is 9.10. The van der Waals surface area contributed by atoms with Crippen molar-refractivity contribution in [2.45, 2.75) is 11.8 Å². The monoisotopic (exact) mass is 441 g/mol.